The van der Waals surface area contributed by atoms with E-state index in [1.54, 1.807) is 20.1 Å². The lowest BCUT2D eigenvalue weighted by molar-refractivity contribution is -0.127. The molecule has 2 rings (SSSR count). The number of unbranched alkanes of at least 4 members (excludes halogenated alkanes) is 1. The lowest BCUT2D eigenvalue weighted by Gasteiger charge is -2.43. The molecule has 1 fully saturated rings. The number of hydrogen-bond donors (Lipinski definition) is 3. The highest BCUT2D eigenvalue weighted by Gasteiger charge is 2.43. The molecule has 1 saturated heterocycles. The molecular formula is C46H82N4O8Si. The maximum absolute atomic E-state index is 14.1. The van der Waals surface area contributed by atoms with E-state index in [2.05, 4.69) is 82.4 Å². The van der Waals surface area contributed by atoms with Gasteiger partial charge in [0, 0.05) is 45.2 Å². The number of ether oxygens (including phenoxy) is 3. The molecule has 59 heavy (non-hydrogen) atoms. The van der Waals surface area contributed by atoms with Crippen molar-refractivity contribution in [3.63, 3.8) is 0 Å². The Morgan fingerprint density at radius 1 is 0.881 bits per heavy atom. The van der Waals surface area contributed by atoms with Crippen LogP contribution in [0.3, 0.4) is 0 Å². The zero-order chi connectivity index (χ0) is 44.6. The van der Waals surface area contributed by atoms with Gasteiger partial charge in [0.1, 0.15) is 17.1 Å². The summed E-state index contributed by atoms with van der Waals surface area (Å²) in [6.45, 7) is 30.9. The summed E-state index contributed by atoms with van der Waals surface area (Å²) in [6.07, 6.45) is 3.20. The molecular weight excluding hydrogens is 765 g/mol. The molecule has 1 heterocycles. The first-order valence-electron chi connectivity index (χ1n) is 22.1. The highest BCUT2D eigenvalue weighted by atomic mass is 28.4. The smallest absolute Gasteiger partial charge is 0.407 e. The highest BCUT2D eigenvalue weighted by molar-refractivity contribution is 6.74. The van der Waals surface area contributed by atoms with Gasteiger partial charge >= 0.3 is 6.09 Å². The fourth-order valence-electron chi connectivity index (χ4n) is 7.12. The van der Waals surface area contributed by atoms with E-state index < -0.39 is 32.2 Å². The van der Waals surface area contributed by atoms with Crippen LogP contribution in [0.25, 0.3) is 0 Å². The number of methoxy groups -OCH3 is 1. The summed E-state index contributed by atoms with van der Waals surface area (Å²) in [5.41, 5.74) is -0.257. The molecule has 0 bridgehead atoms. The van der Waals surface area contributed by atoms with E-state index >= 15 is 0 Å². The highest BCUT2D eigenvalue weighted by Crippen LogP contribution is 2.39. The fourth-order valence-corrected chi connectivity index (χ4v) is 8.49. The van der Waals surface area contributed by atoms with Crippen molar-refractivity contribution in [1.29, 1.82) is 0 Å². The molecule has 1 aromatic rings. The van der Waals surface area contributed by atoms with Gasteiger partial charge in [-0.05, 0) is 127 Å². The third-order valence-electron chi connectivity index (χ3n) is 12.1. The number of likely N-dealkylation sites (tertiary alicyclic amines) is 1. The summed E-state index contributed by atoms with van der Waals surface area (Å²) in [4.78, 5) is 55.7. The summed E-state index contributed by atoms with van der Waals surface area (Å²) in [6, 6.07) is 6.75. The van der Waals surface area contributed by atoms with E-state index in [0.717, 1.165) is 45.3 Å². The van der Waals surface area contributed by atoms with Crippen molar-refractivity contribution >= 4 is 32.0 Å². The van der Waals surface area contributed by atoms with Crippen LogP contribution in [0.4, 0.5) is 4.79 Å². The van der Waals surface area contributed by atoms with E-state index in [-0.39, 0.29) is 52.2 Å². The van der Waals surface area contributed by atoms with Gasteiger partial charge in [-0.15, -0.1) is 0 Å². The number of para-hydroxylation sites is 1. The number of carbonyl (C=O) groups is 4. The van der Waals surface area contributed by atoms with Crippen molar-refractivity contribution in [2.45, 2.75) is 151 Å². The monoisotopic (exact) mass is 847 g/mol. The summed E-state index contributed by atoms with van der Waals surface area (Å²) < 4.78 is 24.2. The molecule has 0 aliphatic carbocycles. The fraction of sp³-hybridized carbons (Fsp3) is 0.783. The number of rotatable bonds is 24. The Bertz CT molecular complexity index is 1450. The van der Waals surface area contributed by atoms with Gasteiger partial charge in [-0.25, -0.2) is 4.79 Å². The molecule has 0 aromatic heterocycles. The van der Waals surface area contributed by atoms with Crippen molar-refractivity contribution in [1.82, 2.24) is 20.9 Å². The summed E-state index contributed by atoms with van der Waals surface area (Å²) in [5, 5.41) is 9.47. The van der Waals surface area contributed by atoms with Crippen LogP contribution < -0.4 is 20.7 Å². The number of amides is 3. The van der Waals surface area contributed by atoms with E-state index in [4.69, 9.17) is 18.6 Å². The van der Waals surface area contributed by atoms with Crippen molar-refractivity contribution in [3.05, 3.63) is 29.8 Å². The number of piperidine rings is 1. The van der Waals surface area contributed by atoms with Crippen LogP contribution in [0, 0.1) is 29.6 Å². The summed E-state index contributed by atoms with van der Waals surface area (Å²) >= 11 is 0. The average molecular weight is 847 g/mol. The van der Waals surface area contributed by atoms with Crippen molar-refractivity contribution in [2.24, 2.45) is 29.6 Å². The predicted molar refractivity (Wildman–Crippen MR) is 239 cm³/mol. The van der Waals surface area contributed by atoms with E-state index in [1.165, 1.54) is 0 Å². The van der Waals surface area contributed by atoms with Crippen LogP contribution in [-0.2, 0) is 23.5 Å². The normalized spacial score (nSPS) is 16.6. The second-order valence-electron chi connectivity index (χ2n) is 19.8. The van der Waals surface area contributed by atoms with Crippen LogP contribution in [-0.4, -0.2) is 108 Å². The number of benzene rings is 1. The molecule has 0 radical (unpaired) electrons. The molecule has 338 valence electrons. The second kappa shape index (κ2) is 24.4. The Balaban J connectivity index is 2.40. The van der Waals surface area contributed by atoms with Crippen LogP contribution in [0.15, 0.2) is 24.3 Å². The van der Waals surface area contributed by atoms with Gasteiger partial charge in [0.2, 0.25) is 5.91 Å². The van der Waals surface area contributed by atoms with Gasteiger partial charge in [-0.3, -0.25) is 14.4 Å². The number of nitrogens with one attached hydrogen (secondary N) is 3. The molecule has 4 atom stereocenters. The maximum Gasteiger partial charge on any atom is 0.407 e. The number of Topliss-reactive ketones (excluding diaryl/α,β-unsaturated/α-hetero) is 1. The van der Waals surface area contributed by atoms with E-state index in [0.29, 0.717) is 50.5 Å². The van der Waals surface area contributed by atoms with E-state index in [9.17, 15) is 19.2 Å². The molecule has 1 aliphatic heterocycles. The molecule has 12 nitrogen and oxygen atoms in total. The predicted octanol–water partition coefficient (Wildman–Crippen LogP) is 8.25. The Morgan fingerprint density at radius 2 is 1.51 bits per heavy atom. The lowest BCUT2D eigenvalue weighted by atomic mass is 9.82. The minimum absolute atomic E-state index is 0.00328. The molecule has 0 saturated carbocycles. The van der Waals surface area contributed by atoms with Crippen LogP contribution in [0.2, 0.25) is 18.1 Å². The molecule has 13 heteroatoms. The minimum Gasteiger partial charge on any atom is -0.493 e. The second-order valence-corrected chi connectivity index (χ2v) is 24.5. The quantitative estimate of drug-likeness (QED) is 0.0692. The molecule has 0 spiro atoms. The summed E-state index contributed by atoms with van der Waals surface area (Å²) in [5.74, 6) is 0.332. The Hall–Kier alpha value is -3.00. The number of carbonyl (C=O) groups excluding carboxylic acids is 4. The molecule has 4 unspecified atom stereocenters. The molecule has 3 N–H and O–H groups in total. The zero-order valence-corrected chi connectivity index (χ0v) is 40.3. The van der Waals surface area contributed by atoms with Crippen LogP contribution >= 0.6 is 0 Å². The minimum atomic E-state index is -2.46. The maximum atomic E-state index is 14.1. The lowest BCUT2D eigenvalue weighted by Crippen LogP contribution is -2.55. The van der Waals surface area contributed by atoms with Gasteiger partial charge in [-0.1, -0.05) is 60.6 Å². The number of ketones is 1. The van der Waals surface area contributed by atoms with Gasteiger partial charge in [0.05, 0.1) is 24.3 Å². The zero-order valence-electron chi connectivity index (χ0n) is 39.3. The number of nitrogens with zero attached hydrogens (tertiary/aromatic N) is 1. The molecule has 1 aromatic carbocycles. The largest absolute Gasteiger partial charge is 0.493 e. The van der Waals surface area contributed by atoms with Crippen molar-refractivity contribution in [2.75, 3.05) is 53.0 Å². The first-order chi connectivity index (χ1) is 27.5. The SMILES string of the molecule is COCCCCOc1ccccc1C(=O)NCC(CC(NC(=O)OC(C)(C)C)C(CC(C(=O)NCCN1CCC(C(C)=O)CC1)C(C)C)O[Si](C)(C)C(C)(C)C)C(C)C. The molecule has 1 aliphatic rings. The number of hydrogen-bond acceptors (Lipinski definition) is 9. The molecule has 3 amide bonds. The summed E-state index contributed by atoms with van der Waals surface area (Å²) in [7, 11) is -0.779. The Kier molecular flexibility index (Phi) is 21.6. The van der Waals surface area contributed by atoms with Gasteiger partial charge in [0.25, 0.3) is 5.91 Å². The topological polar surface area (TPSA) is 145 Å². The first-order valence-corrected chi connectivity index (χ1v) is 25.0. The van der Waals surface area contributed by atoms with Crippen LogP contribution in [0.1, 0.15) is 125 Å². The number of alkyl carbamates (subject to hydrolysis) is 1. The van der Waals surface area contributed by atoms with Gasteiger partial charge in [-0.2, -0.15) is 0 Å². The van der Waals surface area contributed by atoms with Crippen molar-refractivity contribution < 1.29 is 37.8 Å². The Morgan fingerprint density at radius 3 is 2.07 bits per heavy atom. The Labute approximate surface area is 358 Å². The average Bonchev–Trinajstić information content (AvgIpc) is 3.13. The van der Waals surface area contributed by atoms with Crippen molar-refractivity contribution in [3.8, 4) is 5.75 Å². The third-order valence-corrected chi connectivity index (χ3v) is 16.6. The first kappa shape index (κ1) is 52.1. The van der Waals surface area contributed by atoms with Gasteiger partial charge in [0.15, 0.2) is 8.32 Å². The van der Waals surface area contributed by atoms with Crippen LogP contribution in [0.5, 0.6) is 5.75 Å². The third kappa shape index (κ3) is 18.7. The standard InChI is InChI=1S/C46H82N4O8Si/c1-32(2)36(31-48-42(52)37-19-15-16-20-40(37)56-28-18-17-27-55-12)29-39(49-44(54)57-45(6,7)8)41(58-59(13,14)46(9,10)11)30-38(33(3)4)43(53)47-23-26-50-24-21-35(22-25-50)34(5)51/h15-16,19-20,32-33,35-36,38-39,41H,17-18,21-31H2,1-14H3,(H,47,53)(H,48,52)(H,49,54). The van der Waals surface area contributed by atoms with Gasteiger partial charge < -0.3 is 39.5 Å². The van der Waals surface area contributed by atoms with E-state index in [1.807, 2.05) is 39.0 Å².